The SMILES string of the molecule is Cc1ccc2nc(CSCC(=O)N3CCC4CCC(C3)N4)cn2c1.Cl.Cl. The van der Waals surface area contributed by atoms with Crippen LogP contribution in [-0.4, -0.2) is 51.1 Å². The van der Waals surface area contributed by atoms with Gasteiger partial charge < -0.3 is 14.6 Å². The van der Waals surface area contributed by atoms with Crippen LogP contribution in [0.5, 0.6) is 0 Å². The van der Waals surface area contributed by atoms with Gasteiger partial charge in [-0.15, -0.1) is 36.6 Å². The van der Waals surface area contributed by atoms with Crippen molar-refractivity contribution in [3.63, 3.8) is 0 Å². The fourth-order valence-corrected chi connectivity index (χ4v) is 4.54. The Bertz CT molecular complexity index is 754. The molecule has 2 atom stereocenters. The number of carbonyl (C=O) groups excluding carboxylic acids is 1. The molecule has 2 fully saturated rings. The number of aryl methyl sites for hydroxylation is 1. The minimum absolute atomic E-state index is 0. The van der Waals surface area contributed by atoms with Crippen molar-refractivity contribution >= 4 is 48.1 Å². The number of fused-ring (bicyclic) bond motifs is 3. The number of likely N-dealkylation sites (tertiary alicyclic amines) is 1. The molecule has 4 rings (SSSR count). The summed E-state index contributed by atoms with van der Waals surface area (Å²) in [7, 11) is 0. The fraction of sp³-hybridized carbons (Fsp3) is 0.556. The van der Waals surface area contributed by atoms with Crippen LogP contribution >= 0.6 is 36.6 Å². The number of nitrogens with zero attached hydrogens (tertiary/aromatic N) is 3. The number of imidazole rings is 1. The third kappa shape index (κ3) is 4.85. The van der Waals surface area contributed by atoms with Crippen molar-refractivity contribution in [1.29, 1.82) is 0 Å². The minimum atomic E-state index is 0. The maximum Gasteiger partial charge on any atom is 0.232 e. The van der Waals surface area contributed by atoms with Gasteiger partial charge in [0.1, 0.15) is 5.65 Å². The summed E-state index contributed by atoms with van der Waals surface area (Å²) >= 11 is 1.67. The Morgan fingerprint density at radius 2 is 2.04 bits per heavy atom. The van der Waals surface area contributed by atoms with Crippen LogP contribution in [0.25, 0.3) is 5.65 Å². The van der Waals surface area contributed by atoms with Gasteiger partial charge in [-0.05, 0) is 37.8 Å². The minimum Gasteiger partial charge on any atom is -0.340 e. The van der Waals surface area contributed by atoms with Gasteiger partial charge >= 0.3 is 0 Å². The zero-order valence-electron chi connectivity index (χ0n) is 14.9. The molecule has 2 aliphatic rings. The van der Waals surface area contributed by atoms with Gasteiger partial charge in [-0.25, -0.2) is 4.98 Å². The predicted molar refractivity (Wildman–Crippen MR) is 112 cm³/mol. The Morgan fingerprint density at radius 1 is 1.23 bits per heavy atom. The van der Waals surface area contributed by atoms with Gasteiger partial charge in [0.15, 0.2) is 0 Å². The van der Waals surface area contributed by atoms with E-state index in [1.165, 1.54) is 18.4 Å². The second kappa shape index (κ2) is 9.31. The highest BCUT2D eigenvalue weighted by Crippen LogP contribution is 2.21. The maximum absolute atomic E-state index is 12.5. The molecule has 2 saturated heterocycles. The summed E-state index contributed by atoms with van der Waals surface area (Å²) in [6.07, 6.45) is 7.73. The van der Waals surface area contributed by atoms with Crippen molar-refractivity contribution in [2.45, 2.75) is 44.0 Å². The molecule has 0 saturated carbocycles. The molecule has 2 aromatic rings. The van der Waals surface area contributed by atoms with Gasteiger partial charge in [0.2, 0.25) is 5.91 Å². The first-order chi connectivity index (χ1) is 11.7. The topological polar surface area (TPSA) is 49.6 Å². The Morgan fingerprint density at radius 3 is 2.88 bits per heavy atom. The van der Waals surface area contributed by atoms with E-state index in [4.69, 9.17) is 0 Å². The van der Waals surface area contributed by atoms with E-state index in [9.17, 15) is 4.79 Å². The molecule has 1 N–H and O–H groups in total. The monoisotopic (exact) mass is 416 g/mol. The maximum atomic E-state index is 12.5. The first-order valence-electron chi connectivity index (χ1n) is 8.73. The molecule has 2 aliphatic heterocycles. The fourth-order valence-electron chi connectivity index (χ4n) is 3.73. The van der Waals surface area contributed by atoms with Crippen LogP contribution in [-0.2, 0) is 10.5 Å². The Kier molecular flexibility index (Phi) is 7.64. The average molecular weight is 417 g/mol. The molecule has 1 amide bonds. The second-order valence-electron chi connectivity index (χ2n) is 6.96. The van der Waals surface area contributed by atoms with Crippen molar-refractivity contribution in [3.05, 3.63) is 35.8 Å². The van der Waals surface area contributed by atoms with Crippen molar-refractivity contribution in [1.82, 2.24) is 19.6 Å². The van der Waals surface area contributed by atoms with Crippen molar-refractivity contribution in [2.75, 3.05) is 18.8 Å². The van der Waals surface area contributed by atoms with Gasteiger partial charge in [0.25, 0.3) is 0 Å². The normalized spacial score (nSPS) is 21.8. The summed E-state index contributed by atoms with van der Waals surface area (Å²) in [5.74, 6) is 1.60. The highest BCUT2D eigenvalue weighted by Gasteiger charge is 2.30. The molecule has 2 bridgehead atoms. The number of pyridine rings is 1. The Hall–Kier alpha value is -0.950. The third-order valence-corrected chi connectivity index (χ3v) is 5.95. The number of amides is 1. The lowest BCUT2D eigenvalue weighted by Crippen LogP contribution is -2.39. The molecule has 2 unspecified atom stereocenters. The molecule has 0 spiro atoms. The van der Waals surface area contributed by atoms with Crippen molar-refractivity contribution in [3.8, 4) is 0 Å². The molecule has 0 radical (unpaired) electrons. The van der Waals surface area contributed by atoms with Crippen LogP contribution in [0.1, 0.15) is 30.5 Å². The molecular formula is C18H26Cl2N4OS. The zero-order valence-corrected chi connectivity index (χ0v) is 17.3. The summed E-state index contributed by atoms with van der Waals surface area (Å²) in [5, 5.41) is 3.63. The lowest BCUT2D eigenvalue weighted by molar-refractivity contribution is -0.128. The molecule has 2 aromatic heterocycles. The lowest BCUT2D eigenvalue weighted by Gasteiger charge is -2.24. The van der Waals surface area contributed by atoms with Crippen molar-refractivity contribution in [2.24, 2.45) is 0 Å². The number of thioether (sulfide) groups is 1. The second-order valence-corrected chi connectivity index (χ2v) is 7.95. The summed E-state index contributed by atoms with van der Waals surface area (Å²) in [4.78, 5) is 19.2. The van der Waals surface area contributed by atoms with Gasteiger partial charge in [0, 0.05) is 43.3 Å². The van der Waals surface area contributed by atoms with E-state index in [1.54, 1.807) is 11.8 Å². The standard InChI is InChI=1S/C18H24N4OS.2ClH/c1-13-2-5-17-20-16(10-22(17)8-13)11-24-12-18(23)21-7-6-14-3-4-15(9-21)19-14;;/h2,5,8,10,14-15,19H,3-4,6-7,9,11-12H2,1H3;2*1H. The third-order valence-electron chi connectivity index (χ3n) is 5.00. The lowest BCUT2D eigenvalue weighted by atomic mass is 10.1. The van der Waals surface area contributed by atoms with Crippen LogP contribution in [0.2, 0.25) is 0 Å². The Labute approximate surface area is 171 Å². The zero-order chi connectivity index (χ0) is 16.5. The summed E-state index contributed by atoms with van der Waals surface area (Å²) in [6.45, 7) is 3.86. The molecule has 5 nitrogen and oxygen atoms in total. The number of hydrogen-bond donors (Lipinski definition) is 1. The number of nitrogens with one attached hydrogen (secondary N) is 1. The molecule has 0 aliphatic carbocycles. The highest BCUT2D eigenvalue weighted by atomic mass is 35.5. The molecular weight excluding hydrogens is 391 g/mol. The van der Waals surface area contributed by atoms with Gasteiger partial charge in [0.05, 0.1) is 11.4 Å². The van der Waals surface area contributed by atoms with Crippen LogP contribution in [0.3, 0.4) is 0 Å². The summed E-state index contributed by atoms with van der Waals surface area (Å²) < 4.78 is 2.06. The average Bonchev–Trinajstić information content (AvgIpc) is 3.09. The molecule has 0 aromatic carbocycles. The number of hydrogen-bond acceptors (Lipinski definition) is 4. The van der Waals surface area contributed by atoms with E-state index in [0.29, 0.717) is 17.8 Å². The van der Waals surface area contributed by atoms with Crippen LogP contribution in [0, 0.1) is 6.92 Å². The van der Waals surface area contributed by atoms with Gasteiger partial charge in [-0.2, -0.15) is 0 Å². The summed E-state index contributed by atoms with van der Waals surface area (Å²) in [6, 6.07) is 5.24. The van der Waals surface area contributed by atoms with E-state index in [2.05, 4.69) is 45.0 Å². The Balaban J connectivity index is 0.00000121. The highest BCUT2D eigenvalue weighted by molar-refractivity contribution is 7.99. The number of rotatable bonds is 4. The first-order valence-corrected chi connectivity index (χ1v) is 9.88. The molecule has 144 valence electrons. The van der Waals surface area contributed by atoms with E-state index in [1.807, 2.05) is 6.07 Å². The van der Waals surface area contributed by atoms with E-state index >= 15 is 0 Å². The number of carbonyl (C=O) groups is 1. The quantitative estimate of drug-likeness (QED) is 0.831. The van der Waals surface area contributed by atoms with Crippen LogP contribution in [0.15, 0.2) is 24.5 Å². The predicted octanol–water partition coefficient (Wildman–Crippen LogP) is 3.07. The van der Waals surface area contributed by atoms with Crippen molar-refractivity contribution < 1.29 is 4.79 Å². The van der Waals surface area contributed by atoms with Crippen LogP contribution < -0.4 is 5.32 Å². The summed E-state index contributed by atoms with van der Waals surface area (Å²) in [5.41, 5.74) is 3.23. The van der Waals surface area contributed by atoms with Gasteiger partial charge in [-0.1, -0.05) is 6.07 Å². The van der Waals surface area contributed by atoms with E-state index in [-0.39, 0.29) is 30.7 Å². The van der Waals surface area contributed by atoms with E-state index in [0.717, 1.165) is 36.6 Å². The number of aromatic nitrogens is 2. The van der Waals surface area contributed by atoms with Gasteiger partial charge in [-0.3, -0.25) is 4.79 Å². The number of halogens is 2. The van der Waals surface area contributed by atoms with Crippen LogP contribution in [0.4, 0.5) is 0 Å². The molecule has 26 heavy (non-hydrogen) atoms. The first kappa shape index (κ1) is 21.4. The largest absolute Gasteiger partial charge is 0.340 e. The smallest absolute Gasteiger partial charge is 0.232 e. The molecule has 4 heterocycles. The van der Waals surface area contributed by atoms with E-state index < -0.39 is 0 Å². The molecule has 8 heteroatoms.